The molecule has 36 heavy (non-hydrogen) atoms. The SMILES string of the molecule is Cc1ccccc1Oc1cc(-n2c(=O)cc(C(F)(F)C3C=CC=CC3)[nH]c2=O)c2ccccc2c1Cl. The van der Waals surface area contributed by atoms with Crippen molar-refractivity contribution in [3.05, 3.63) is 122 Å². The molecule has 0 saturated heterocycles. The van der Waals surface area contributed by atoms with E-state index in [0.717, 1.165) is 16.2 Å². The maximum atomic E-state index is 15.1. The lowest BCUT2D eigenvalue weighted by atomic mass is 9.92. The molecule has 1 unspecified atom stereocenters. The Morgan fingerprint density at radius 3 is 2.42 bits per heavy atom. The Morgan fingerprint density at radius 1 is 1.00 bits per heavy atom. The lowest BCUT2D eigenvalue weighted by molar-refractivity contribution is -0.0510. The van der Waals surface area contributed by atoms with Gasteiger partial charge in [-0.15, -0.1) is 0 Å². The van der Waals surface area contributed by atoms with Gasteiger partial charge in [0.1, 0.15) is 11.5 Å². The van der Waals surface area contributed by atoms with Crippen molar-refractivity contribution >= 4 is 22.4 Å². The zero-order valence-corrected chi connectivity index (χ0v) is 19.9. The average molecular weight is 507 g/mol. The molecule has 1 aliphatic rings. The number of benzene rings is 3. The van der Waals surface area contributed by atoms with E-state index in [-0.39, 0.29) is 17.9 Å². The van der Waals surface area contributed by atoms with Crippen LogP contribution in [0.3, 0.4) is 0 Å². The largest absolute Gasteiger partial charge is 0.455 e. The van der Waals surface area contributed by atoms with Gasteiger partial charge in [-0.2, -0.15) is 8.78 Å². The number of para-hydroxylation sites is 1. The predicted octanol–water partition coefficient (Wildman–Crippen LogP) is 6.66. The number of nitrogens with zero attached hydrogens (tertiary/aromatic N) is 1. The molecule has 4 aromatic rings. The molecule has 182 valence electrons. The van der Waals surface area contributed by atoms with Gasteiger partial charge in [0.05, 0.1) is 22.3 Å². The summed E-state index contributed by atoms with van der Waals surface area (Å²) < 4.78 is 37.2. The van der Waals surface area contributed by atoms with E-state index in [1.54, 1.807) is 42.5 Å². The van der Waals surface area contributed by atoms with Crippen LogP contribution >= 0.6 is 11.6 Å². The van der Waals surface area contributed by atoms with Crippen molar-refractivity contribution in [3.8, 4) is 17.2 Å². The van der Waals surface area contributed by atoms with E-state index in [4.69, 9.17) is 16.3 Å². The van der Waals surface area contributed by atoms with Crippen LogP contribution in [-0.4, -0.2) is 9.55 Å². The number of ether oxygens (including phenoxy) is 1. The van der Waals surface area contributed by atoms with E-state index in [2.05, 4.69) is 4.98 Å². The molecule has 5 rings (SSSR count). The highest BCUT2D eigenvalue weighted by Crippen LogP contribution is 2.40. The lowest BCUT2D eigenvalue weighted by Crippen LogP contribution is -2.38. The minimum absolute atomic E-state index is 0.0933. The van der Waals surface area contributed by atoms with Crippen molar-refractivity contribution in [3.63, 3.8) is 0 Å². The fourth-order valence-electron chi connectivity index (χ4n) is 4.30. The molecule has 1 N–H and O–H groups in total. The van der Waals surface area contributed by atoms with Gasteiger partial charge >= 0.3 is 5.69 Å². The topological polar surface area (TPSA) is 64.1 Å². The third-order valence-corrected chi connectivity index (χ3v) is 6.61. The standard InChI is InChI=1S/C28H21ClF2N2O3/c1-17-9-5-8-14-22(17)36-23-15-21(19-12-6-7-13-20(19)26(23)29)33-25(34)16-24(32-27(33)35)28(30,31)18-10-3-2-4-11-18/h2-10,12-16,18H,11H2,1H3,(H,32,35). The molecule has 0 saturated carbocycles. The highest BCUT2D eigenvalue weighted by molar-refractivity contribution is 6.37. The smallest absolute Gasteiger partial charge is 0.333 e. The van der Waals surface area contributed by atoms with E-state index in [9.17, 15) is 9.59 Å². The summed E-state index contributed by atoms with van der Waals surface area (Å²) in [5.74, 6) is -3.83. The second-order valence-electron chi connectivity index (χ2n) is 8.56. The third kappa shape index (κ3) is 4.16. The van der Waals surface area contributed by atoms with Gasteiger partial charge in [-0.3, -0.25) is 4.79 Å². The molecule has 0 fully saturated rings. The maximum absolute atomic E-state index is 15.1. The summed E-state index contributed by atoms with van der Waals surface area (Å²) >= 11 is 6.64. The van der Waals surface area contributed by atoms with Crippen LogP contribution in [-0.2, 0) is 5.92 Å². The Kier molecular flexibility index (Phi) is 6.10. The van der Waals surface area contributed by atoms with Crippen LogP contribution < -0.4 is 16.0 Å². The third-order valence-electron chi connectivity index (χ3n) is 6.22. The van der Waals surface area contributed by atoms with E-state index in [1.165, 1.54) is 18.2 Å². The second-order valence-corrected chi connectivity index (χ2v) is 8.94. The average Bonchev–Trinajstić information content (AvgIpc) is 2.88. The molecule has 1 aromatic heterocycles. The number of hydrogen-bond donors (Lipinski definition) is 1. The lowest BCUT2D eigenvalue weighted by Gasteiger charge is -2.24. The van der Waals surface area contributed by atoms with Crippen molar-refractivity contribution in [1.29, 1.82) is 0 Å². The second kappa shape index (κ2) is 9.24. The van der Waals surface area contributed by atoms with Crippen LogP contribution in [0.4, 0.5) is 8.78 Å². The van der Waals surface area contributed by atoms with Gasteiger partial charge < -0.3 is 9.72 Å². The number of halogens is 3. The zero-order chi connectivity index (χ0) is 25.4. The van der Waals surface area contributed by atoms with Crippen LogP contribution in [0.5, 0.6) is 11.5 Å². The maximum Gasteiger partial charge on any atom is 0.333 e. The number of H-pyrrole nitrogens is 1. The van der Waals surface area contributed by atoms with Gasteiger partial charge in [-0.05, 0) is 25.0 Å². The summed E-state index contributed by atoms with van der Waals surface area (Å²) in [4.78, 5) is 28.5. The molecule has 3 aromatic carbocycles. The van der Waals surface area contributed by atoms with Crippen LogP contribution in [0.25, 0.3) is 16.5 Å². The van der Waals surface area contributed by atoms with Crippen molar-refractivity contribution in [2.75, 3.05) is 0 Å². The number of allylic oxidation sites excluding steroid dienone is 4. The van der Waals surface area contributed by atoms with Crippen LogP contribution in [0.1, 0.15) is 17.7 Å². The predicted molar refractivity (Wildman–Crippen MR) is 137 cm³/mol. The van der Waals surface area contributed by atoms with E-state index < -0.39 is 28.8 Å². The van der Waals surface area contributed by atoms with Crippen molar-refractivity contribution in [2.24, 2.45) is 5.92 Å². The summed E-state index contributed by atoms with van der Waals surface area (Å²) in [6.45, 7) is 1.87. The first-order valence-electron chi connectivity index (χ1n) is 11.3. The molecule has 0 bridgehead atoms. The minimum Gasteiger partial charge on any atom is -0.455 e. The molecule has 5 nitrogen and oxygen atoms in total. The molecular weight excluding hydrogens is 486 g/mol. The molecule has 1 aliphatic carbocycles. The number of nitrogens with one attached hydrogen (secondary N) is 1. The highest BCUT2D eigenvalue weighted by atomic mass is 35.5. The minimum atomic E-state index is -3.43. The first-order valence-corrected chi connectivity index (χ1v) is 11.7. The summed E-state index contributed by atoms with van der Waals surface area (Å²) in [6, 6.07) is 16.5. The number of alkyl halides is 2. The van der Waals surface area contributed by atoms with Crippen LogP contribution in [0, 0.1) is 12.8 Å². The Labute approximate surface area is 209 Å². The van der Waals surface area contributed by atoms with Crippen molar-refractivity contribution < 1.29 is 13.5 Å². The first-order chi connectivity index (χ1) is 17.3. The summed E-state index contributed by atoms with van der Waals surface area (Å²) in [5, 5.41) is 1.33. The van der Waals surface area contributed by atoms with Gasteiger partial charge in [0.25, 0.3) is 11.5 Å². The van der Waals surface area contributed by atoms with Gasteiger partial charge in [0.2, 0.25) is 0 Å². The Bertz CT molecular complexity index is 1620. The monoisotopic (exact) mass is 506 g/mol. The van der Waals surface area contributed by atoms with Gasteiger partial charge in [-0.25, -0.2) is 9.36 Å². The summed E-state index contributed by atoms with van der Waals surface area (Å²) in [7, 11) is 0. The number of aromatic nitrogens is 2. The van der Waals surface area contributed by atoms with E-state index in [1.807, 2.05) is 25.1 Å². The van der Waals surface area contributed by atoms with Gasteiger partial charge in [0.15, 0.2) is 0 Å². The van der Waals surface area contributed by atoms with Gasteiger partial charge in [0, 0.05) is 22.9 Å². The normalized spacial score (nSPS) is 15.4. The Morgan fingerprint density at radius 2 is 1.72 bits per heavy atom. The molecule has 0 amide bonds. The number of rotatable bonds is 5. The molecular formula is C28H21ClF2N2O3. The van der Waals surface area contributed by atoms with Crippen LogP contribution in [0.2, 0.25) is 5.02 Å². The number of fused-ring (bicyclic) bond motifs is 1. The highest BCUT2D eigenvalue weighted by Gasteiger charge is 2.41. The Balaban J connectivity index is 1.67. The fraction of sp³-hybridized carbons (Fsp3) is 0.143. The molecule has 1 heterocycles. The zero-order valence-electron chi connectivity index (χ0n) is 19.2. The molecule has 0 aliphatic heterocycles. The van der Waals surface area contributed by atoms with Crippen molar-refractivity contribution in [2.45, 2.75) is 19.3 Å². The molecule has 0 radical (unpaired) electrons. The quantitative estimate of drug-likeness (QED) is 0.329. The molecule has 0 spiro atoms. The van der Waals surface area contributed by atoms with Crippen molar-refractivity contribution in [1.82, 2.24) is 9.55 Å². The van der Waals surface area contributed by atoms with E-state index in [0.29, 0.717) is 21.5 Å². The first kappa shape index (κ1) is 23.8. The fourth-order valence-corrected chi connectivity index (χ4v) is 4.55. The van der Waals surface area contributed by atoms with Crippen LogP contribution in [0.15, 0.2) is 94.6 Å². The van der Waals surface area contributed by atoms with E-state index >= 15 is 8.78 Å². The number of hydrogen-bond acceptors (Lipinski definition) is 3. The molecule has 1 atom stereocenters. The molecule has 8 heteroatoms. The number of aryl methyl sites for hydroxylation is 1. The summed E-state index contributed by atoms with van der Waals surface area (Å²) in [5.41, 5.74) is -1.58. The Hall–Kier alpha value is -3.97. The number of aromatic amines is 1. The summed E-state index contributed by atoms with van der Waals surface area (Å²) in [6.07, 6.45) is 6.28. The van der Waals surface area contributed by atoms with Gasteiger partial charge in [-0.1, -0.05) is 78.4 Å².